The first-order valence-electron chi connectivity index (χ1n) is 5.75. The van der Waals surface area contributed by atoms with Crippen LogP contribution in [0.25, 0.3) is 0 Å². The van der Waals surface area contributed by atoms with Crippen LogP contribution >= 0.6 is 11.8 Å². The summed E-state index contributed by atoms with van der Waals surface area (Å²) >= 11 is 1.44. The Hall–Kier alpha value is -2.14. The molecule has 0 N–H and O–H groups in total. The van der Waals surface area contributed by atoms with Gasteiger partial charge in [0.15, 0.2) is 0 Å². The van der Waals surface area contributed by atoms with E-state index in [0.717, 1.165) is 4.90 Å². The van der Waals surface area contributed by atoms with Gasteiger partial charge >= 0.3 is 0 Å². The van der Waals surface area contributed by atoms with Gasteiger partial charge in [0.25, 0.3) is 11.8 Å². The lowest BCUT2D eigenvalue weighted by atomic mass is 10.1. The minimum Gasteiger partial charge on any atom is -0.269 e. The summed E-state index contributed by atoms with van der Waals surface area (Å²) in [5, 5.41) is 0. The van der Waals surface area contributed by atoms with E-state index >= 15 is 0 Å². The van der Waals surface area contributed by atoms with Gasteiger partial charge in [0.05, 0.1) is 17.0 Å². The number of hydrogen-bond acceptors (Lipinski definition) is 4. The van der Waals surface area contributed by atoms with Crippen molar-refractivity contribution in [2.24, 2.45) is 0 Å². The van der Waals surface area contributed by atoms with Crippen molar-refractivity contribution in [2.45, 2.75) is 4.90 Å². The Kier molecular flexibility index (Phi) is 3.05. The molecule has 1 aliphatic heterocycles. The lowest BCUT2D eigenvalue weighted by molar-refractivity contribution is 0.0684. The standard InChI is InChI=1S/C14H10N2O2S/c17-13-11-3-1-2-4-12(11)14(18)16(13)9-19-10-5-7-15-8-6-10/h1-8H,9H2. The molecule has 94 valence electrons. The summed E-state index contributed by atoms with van der Waals surface area (Å²) in [5.74, 6) is -0.125. The van der Waals surface area contributed by atoms with E-state index < -0.39 is 0 Å². The first-order chi connectivity index (χ1) is 9.27. The smallest absolute Gasteiger partial charge is 0.262 e. The van der Waals surface area contributed by atoms with Gasteiger partial charge in [-0.15, -0.1) is 11.8 Å². The van der Waals surface area contributed by atoms with Crippen molar-refractivity contribution in [3.8, 4) is 0 Å². The van der Waals surface area contributed by atoms with Crippen molar-refractivity contribution < 1.29 is 9.59 Å². The zero-order valence-corrected chi connectivity index (χ0v) is 10.8. The number of aromatic nitrogens is 1. The number of thioether (sulfide) groups is 1. The second-order valence-corrected chi connectivity index (χ2v) is 5.06. The summed E-state index contributed by atoms with van der Waals surface area (Å²) in [7, 11) is 0. The Bertz CT molecular complexity index is 608. The third kappa shape index (κ3) is 2.13. The third-order valence-corrected chi connectivity index (χ3v) is 3.88. The zero-order valence-electron chi connectivity index (χ0n) is 9.95. The van der Waals surface area contributed by atoms with E-state index in [1.165, 1.54) is 16.7 Å². The van der Waals surface area contributed by atoms with Crippen LogP contribution < -0.4 is 0 Å². The van der Waals surface area contributed by atoms with E-state index in [2.05, 4.69) is 4.98 Å². The largest absolute Gasteiger partial charge is 0.269 e. The Balaban J connectivity index is 1.78. The molecule has 2 amide bonds. The predicted molar refractivity (Wildman–Crippen MR) is 71.9 cm³/mol. The monoisotopic (exact) mass is 270 g/mol. The maximum Gasteiger partial charge on any atom is 0.262 e. The summed E-state index contributed by atoms with van der Waals surface area (Å²) in [6.45, 7) is 0. The average Bonchev–Trinajstić information content (AvgIpc) is 2.71. The highest BCUT2D eigenvalue weighted by Gasteiger charge is 2.34. The van der Waals surface area contributed by atoms with Gasteiger partial charge in [-0.25, -0.2) is 0 Å². The maximum atomic E-state index is 12.1. The highest BCUT2D eigenvalue weighted by atomic mass is 32.2. The number of fused-ring (bicyclic) bond motifs is 1. The van der Waals surface area contributed by atoms with Gasteiger partial charge in [-0.05, 0) is 24.3 Å². The van der Waals surface area contributed by atoms with Gasteiger partial charge in [0, 0.05) is 17.3 Å². The molecule has 0 bridgehead atoms. The van der Waals surface area contributed by atoms with Gasteiger partial charge in [0.1, 0.15) is 0 Å². The van der Waals surface area contributed by atoms with Crippen LogP contribution in [0.5, 0.6) is 0 Å². The van der Waals surface area contributed by atoms with E-state index in [1.807, 2.05) is 12.1 Å². The van der Waals surface area contributed by atoms with Crippen LogP contribution in [0.2, 0.25) is 0 Å². The van der Waals surface area contributed by atoms with Crippen LogP contribution in [-0.4, -0.2) is 27.6 Å². The van der Waals surface area contributed by atoms with Crippen molar-refractivity contribution >= 4 is 23.6 Å². The van der Waals surface area contributed by atoms with Crippen LogP contribution in [0.4, 0.5) is 0 Å². The molecule has 1 aliphatic rings. The SMILES string of the molecule is O=C1c2ccccc2C(=O)N1CSc1ccncc1. The molecule has 4 nitrogen and oxygen atoms in total. The molecule has 0 atom stereocenters. The number of imide groups is 1. The number of hydrogen-bond donors (Lipinski definition) is 0. The molecule has 0 saturated heterocycles. The molecule has 19 heavy (non-hydrogen) atoms. The van der Waals surface area contributed by atoms with Crippen LogP contribution in [0, 0.1) is 0 Å². The van der Waals surface area contributed by atoms with E-state index in [-0.39, 0.29) is 11.8 Å². The third-order valence-electron chi connectivity index (χ3n) is 2.89. The lowest BCUT2D eigenvalue weighted by Crippen LogP contribution is -2.29. The number of pyridine rings is 1. The van der Waals surface area contributed by atoms with E-state index in [0.29, 0.717) is 17.0 Å². The lowest BCUT2D eigenvalue weighted by Gasteiger charge is -2.12. The molecular formula is C14H10N2O2S. The molecule has 0 unspecified atom stereocenters. The molecule has 0 saturated carbocycles. The molecule has 1 aromatic heterocycles. The Morgan fingerprint density at radius 2 is 1.53 bits per heavy atom. The van der Waals surface area contributed by atoms with Crippen LogP contribution in [0.15, 0.2) is 53.7 Å². The second-order valence-electron chi connectivity index (χ2n) is 4.04. The summed E-state index contributed by atoms with van der Waals surface area (Å²) in [5.41, 5.74) is 0.977. The van der Waals surface area contributed by atoms with Gasteiger partial charge in [-0.2, -0.15) is 0 Å². The van der Waals surface area contributed by atoms with Crippen molar-refractivity contribution in [2.75, 3.05) is 5.88 Å². The van der Waals surface area contributed by atoms with Crippen molar-refractivity contribution in [1.82, 2.24) is 9.88 Å². The minimum atomic E-state index is -0.220. The minimum absolute atomic E-state index is 0.220. The number of amides is 2. The van der Waals surface area contributed by atoms with Gasteiger partial charge in [0.2, 0.25) is 0 Å². The average molecular weight is 270 g/mol. The van der Waals surface area contributed by atoms with E-state index in [1.54, 1.807) is 36.7 Å². The van der Waals surface area contributed by atoms with Crippen LogP contribution in [0.1, 0.15) is 20.7 Å². The fourth-order valence-corrected chi connectivity index (χ4v) is 2.76. The van der Waals surface area contributed by atoms with Crippen molar-refractivity contribution in [3.05, 3.63) is 59.9 Å². The molecule has 0 fully saturated rings. The zero-order chi connectivity index (χ0) is 13.2. The number of benzene rings is 1. The fourth-order valence-electron chi connectivity index (χ4n) is 1.93. The van der Waals surface area contributed by atoms with E-state index in [9.17, 15) is 9.59 Å². The van der Waals surface area contributed by atoms with Crippen molar-refractivity contribution in [1.29, 1.82) is 0 Å². The number of nitrogens with zero attached hydrogens (tertiary/aromatic N) is 2. The summed E-state index contributed by atoms with van der Waals surface area (Å²) in [4.78, 5) is 30.4. The predicted octanol–water partition coefficient (Wildman–Crippen LogP) is 2.43. The molecule has 1 aromatic carbocycles. The molecule has 0 aliphatic carbocycles. The fraction of sp³-hybridized carbons (Fsp3) is 0.0714. The Labute approximate surface area is 114 Å². The first-order valence-corrected chi connectivity index (χ1v) is 6.74. The highest BCUT2D eigenvalue weighted by Crippen LogP contribution is 2.26. The topological polar surface area (TPSA) is 50.3 Å². The summed E-state index contributed by atoms with van der Waals surface area (Å²) in [6, 6.07) is 10.6. The van der Waals surface area contributed by atoms with Crippen LogP contribution in [0.3, 0.4) is 0 Å². The van der Waals surface area contributed by atoms with Gasteiger partial charge < -0.3 is 0 Å². The van der Waals surface area contributed by atoms with Gasteiger partial charge in [-0.1, -0.05) is 12.1 Å². The first kappa shape index (κ1) is 11.9. The molecule has 2 aromatic rings. The second kappa shape index (κ2) is 4.85. The van der Waals surface area contributed by atoms with Crippen molar-refractivity contribution in [3.63, 3.8) is 0 Å². The Morgan fingerprint density at radius 3 is 2.11 bits per heavy atom. The Morgan fingerprint density at radius 1 is 0.947 bits per heavy atom. The molecule has 0 radical (unpaired) electrons. The highest BCUT2D eigenvalue weighted by molar-refractivity contribution is 7.99. The summed E-state index contributed by atoms with van der Waals surface area (Å²) in [6.07, 6.45) is 3.37. The van der Waals surface area contributed by atoms with Gasteiger partial charge in [-0.3, -0.25) is 19.5 Å². The van der Waals surface area contributed by atoms with E-state index in [4.69, 9.17) is 0 Å². The number of carbonyl (C=O) groups excluding carboxylic acids is 2. The quantitative estimate of drug-likeness (QED) is 0.635. The number of rotatable bonds is 3. The molecule has 5 heteroatoms. The molecule has 0 spiro atoms. The maximum absolute atomic E-state index is 12.1. The molecule has 3 rings (SSSR count). The number of carbonyl (C=O) groups is 2. The molecule has 2 heterocycles. The molecular weight excluding hydrogens is 260 g/mol. The summed E-state index contributed by atoms with van der Waals surface area (Å²) < 4.78 is 0. The van der Waals surface area contributed by atoms with Crippen LogP contribution in [-0.2, 0) is 0 Å². The normalized spacial score (nSPS) is 13.8.